The molecule has 9 nitrogen and oxygen atoms in total. The van der Waals surface area contributed by atoms with Crippen LogP contribution in [0.5, 0.6) is 5.75 Å². The summed E-state index contributed by atoms with van der Waals surface area (Å²) in [5, 5.41) is 6.71. The SMILES string of the molecule is COc1ccc(NC(=O)[C@@H]2CCCN(S(=O)(=O)c3c(C)noc3/C=C/c3ccco3)C2)cc1. The lowest BCUT2D eigenvalue weighted by atomic mass is 9.99. The van der Waals surface area contributed by atoms with Gasteiger partial charge in [-0.2, -0.15) is 4.31 Å². The fraction of sp³-hybridized carbons (Fsp3) is 0.304. The minimum atomic E-state index is -3.92. The maximum absolute atomic E-state index is 13.5. The summed E-state index contributed by atoms with van der Waals surface area (Å²) in [4.78, 5) is 12.8. The van der Waals surface area contributed by atoms with E-state index >= 15 is 0 Å². The summed E-state index contributed by atoms with van der Waals surface area (Å²) < 4.78 is 43.9. The first kappa shape index (κ1) is 22.8. The fourth-order valence-electron chi connectivity index (χ4n) is 3.77. The third-order valence-electron chi connectivity index (χ3n) is 5.49. The van der Waals surface area contributed by atoms with Gasteiger partial charge in [0.25, 0.3) is 0 Å². The number of nitrogens with zero attached hydrogens (tertiary/aromatic N) is 2. The molecular weight excluding hydrogens is 446 g/mol. The van der Waals surface area contributed by atoms with E-state index in [-0.39, 0.29) is 28.8 Å². The van der Waals surface area contributed by atoms with E-state index in [0.29, 0.717) is 36.6 Å². The predicted octanol–water partition coefficient (Wildman–Crippen LogP) is 3.79. The molecular formula is C23H25N3O6S. The number of hydrogen-bond donors (Lipinski definition) is 1. The number of carbonyl (C=O) groups is 1. The van der Waals surface area contributed by atoms with Crippen LogP contribution in [0.25, 0.3) is 12.2 Å². The van der Waals surface area contributed by atoms with Gasteiger partial charge in [0, 0.05) is 18.8 Å². The summed E-state index contributed by atoms with van der Waals surface area (Å²) in [5.74, 6) is 0.663. The van der Waals surface area contributed by atoms with Gasteiger partial charge in [-0.25, -0.2) is 8.42 Å². The number of rotatable bonds is 7. The second kappa shape index (κ2) is 9.63. The quantitative estimate of drug-likeness (QED) is 0.557. The van der Waals surface area contributed by atoms with Crippen molar-refractivity contribution < 1.29 is 26.9 Å². The zero-order chi connectivity index (χ0) is 23.4. The van der Waals surface area contributed by atoms with E-state index in [9.17, 15) is 13.2 Å². The topological polar surface area (TPSA) is 115 Å². The number of aryl methyl sites for hydroxylation is 1. The number of benzene rings is 1. The van der Waals surface area contributed by atoms with Crippen LogP contribution in [-0.4, -0.2) is 44.0 Å². The average Bonchev–Trinajstić information content (AvgIpc) is 3.48. The molecule has 174 valence electrons. The number of sulfonamides is 1. The number of hydrogen-bond acceptors (Lipinski definition) is 7. The highest BCUT2D eigenvalue weighted by Crippen LogP contribution is 2.30. The Bertz CT molecular complexity index is 1230. The number of carbonyl (C=O) groups excluding carboxylic acids is 1. The van der Waals surface area contributed by atoms with Crippen LogP contribution >= 0.6 is 0 Å². The molecule has 0 spiro atoms. The normalized spacial score (nSPS) is 17.3. The molecule has 3 aromatic rings. The zero-order valence-electron chi connectivity index (χ0n) is 18.4. The summed E-state index contributed by atoms with van der Waals surface area (Å²) in [6.45, 7) is 1.98. The Morgan fingerprint density at radius 1 is 1.24 bits per heavy atom. The van der Waals surface area contributed by atoms with Gasteiger partial charge in [-0.05, 0) is 68.3 Å². The van der Waals surface area contributed by atoms with Gasteiger partial charge in [-0.1, -0.05) is 5.16 Å². The number of nitrogens with one attached hydrogen (secondary N) is 1. The monoisotopic (exact) mass is 471 g/mol. The summed E-state index contributed by atoms with van der Waals surface area (Å²) in [6, 6.07) is 10.5. The van der Waals surface area contributed by atoms with Crippen molar-refractivity contribution in [1.29, 1.82) is 0 Å². The third-order valence-corrected chi connectivity index (χ3v) is 7.51. The molecule has 0 unspecified atom stereocenters. The smallest absolute Gasteiger partial charge is 0.248 e. The molecule has 1 aliphatic heterocycles. The van der Waals surface area contributed by atoms with Crippen molar-refractivity contribution in [3.63, 3.8) is 0 Å². The minimum absolute atomic E-state index is 0.00141. The van der Waals surface area contributed by atoms with Crippen molar-refractivity contribution in [2.75, 3.05) is 25.5 Å². The highest BCUT2D eigenvalue weighted by Gasteiger charge is 2.37. The Balaban J connectivity index is 1.50. The fourth-order valence-corrected chi connectivity index (χ4v) is 5.54. The second-order valence-electron chi connectivity index (χ2n) is 7.73. The number of amides is 1. The van der Waals surface area contributed by atoms with Gasteiger partial charge in [0.15, 0.2) is 10.7 Å². The van der Waals surface area contributed by atoms with E-state index < -0.39 is 15.9 Å². The van der Waals surface area contributed by atoms with Crippen LogP contribution in [0, 0.1) is 12.8 Å². The summed E-state index contributed by atoms with van der Waals surface area (Å²) >= 11 is 0. The average molecular weight is 472 g/mol. The molecule has 0 aliphatic carbocycles. The van der Waals surface area contributed by atoms with Crippen molar-refractivity contribution >= 4 is 33.8 Å². The van der Waals surface area contributed by atoms with E-state index in [1.807, 2.05) is 0 Å². The van der Waals surface area contributed by atoms with Gasteiger partial charge >= 0.3 is 0 Å². The molecule has 10 heteroatoms. The molecule has 2 aromatic heterocycles. The van der Waals surface area contributed by atoms with Gasteiger partial charge < -0.3 is 19.0 Å². The number of anilines is 1. The lowest BCUT2D eigenvalue weighted by molar-refractivity contribution is -0.120. The van der Waals surface area contributed by atoms with Crippen LogP contribution in [0.15, 0.2) is 56.5 Å². The van der Waals surface area contributed by atoms with Crippen molar-refractivity contribution in [2.24, 2.45) is 5.92 Å². The molecule has 1 atom stereocenters. The van der Waals surface area contributed by atoms with E-state index in [1.54, 1.807) is 56.5 Å². The van der Waals surface area contributed by atoms with Gasteiger partial charge in [0.2, 0.25) is 15.9 Å². The Hall–Kier alpha value is -3.37. The van der Waals surface area contributed by atoms with E-state index in [4.69, 9.17) is 13.7 Å². The van der Waals surface area contributed by atoms with Crippen molar-refractivity contribution in [1.82, 2.24) is 9.46 Å². The van der Waals surface area contributed by atoms with E-state index in [2.05, 4.69) is 10.5 Å². The molecule has 0 radical (unpaired) electrons. The highest BCUT2D eigenvalue weighted by molar-refractivity contribution is 7.89. The first-order valence-corrected chi connectivity index (χ1v) is 12.0. The molecule has 0 bridgehead atoms. The summed E-state index contributed by atoms with van der Waals surface area (Å²) in [5.41, 5.74) is 0.889. The maximum atomic E-state index is 13.5. The molecule has 1 saturated heterocycles. The van der Waals surface area contributed by atoms with Gasteiger partial charge in [-0.15, -0.1) is 0 Å². The lowest BCUT2D eigenvalue weighted by Crippen LogP contribution is -2.43. The number of piperidine rings is 1. The van der Waals surface area contributed by atoms with E-state index in [1.165, 1.54) is 16.6 Å². The molecule has 33 heavy (non-hydrogen) atoms. The lowest BCUT2D eigenvalue weighted by Gasteiger charge is -2.31. The molecule has 3 heterocycles. The second-order valence-corrected chi connectivity index (χ2v) is 9.60. The molecule has 0 saturated carbocycles. The van der Waals surface area contributed by atoms with Gasteiger partial charge in [0.05, 0.1) is 19.3 Å². The number of methoxy groups -OCH3 is 1. The van der Waals surface area contributed by atoms with Gasteiger partial charge in [0.1, 0.15) is 17.2 Å². The Morgan fingerprint density at radius 2 is 2.03 bits per heavy atom. The van der Waals surface area contributed by atoms with Crippen LogP contribution in [0.4, 0.5) is 5.69 Å². The molecule has 1 aromatic carbocycles. The highest BCUT2D eigenvalue weighted by atomic mass is 32.2. The molecule has 1 fully saturated rings. The molecule has 1 aliphatic rings. The van der Waals surface area contributed by atoms with Crippen LogP contribution < -0.4 is 10.1 Å². The Labute approximate surface area is 192 Å². The largest absolute Gasteiger partial charge is 0.497 e. The summed E-state index contributed by atoms with van der Waals surface area (Å²) in [7, 11) is -2.35. The number of ether oxygens (including phenoxy) is 1. The molecule has 4 rings (SSSR count). The van der Waals surface area contributed by atoms with Crippen LogP contribution in [0.3, 0.4) is 0 Å². The van der Waals surface area contributed by atoms with Gasteiger partial charge in [-0.3, -0.25) is 4.79 Å². The summed E-state index contributed by atoms with van der Waals surface area (Å²) in [6.07, 6.45) is 5.82. The first-order valence-electron chi connectivity index (χ1n) is 10.5. The molecule has 1 amide bonds. The van der Waals surface area contributed by atoms with Crippen molar-refractivity contribution in [2.45, 2.75) is 24.7 Å². The first-order chi connectivity index (χ1) is 15.9. The van der Waals surface area contributed by atoms with Crippen LogP contribution in [0.1, 0.15) is 30.1 Å². The zero-order valence-corrected chi connectivity index (χ0v) is 19.2. The minimum Gasteiger partial charge on any atom is -0.497 e. The predicted molar refractivity (Wildman–Crippen MR) is 122 cm³/mol. The van der Waals surface area contributed by atoms with Crippen LogP contribution in [-0.2, 0) is 14.8 Å². The van der Waals surface area contributed by atoms with Crippen molar-refractivity contribution in [3.8, 4) is 5.75 Å². The van der Waals surface area contributed by atoms with Crippen LogP contribution in [0.2, 0.25) is 0 Å². The Kier molecular flexibility index (Phi) is 6.66. The molecule has 1 N–H and O–H groups in total. The Morgan fingerprint density at radius 3 is 2.73 bits per heavy atom. The standard InChI is InChI=1S/C23H25N3O6S/c1-16-22(21(32-25-16)12-11-20-6-4-14-31-20)33(28,29)26-13-3-5-17(15-26)23(27)24-18-7-9-19(30-2)10-8-18/h4,6-12,14,17H,3,5,13,15H2,1-2H3,(H,24,27)/b12-11+/t17-/m1/s1. The number of aromatic nitrogens is 1. The van der Waals surface area contributed by atoms with E-state index in [0.717, 1.165) is 0 Å². The third kappa shape index (κ3) is 5.01. The van der Waals surface area contributed by atoms with Crippen molar-refractivity contribution in [3.05, 3.63) is 59.9 Å². The maximum Gasteiger partial charge on any atom is 0.248 e. The number of furan rings is 1.